The Bertz CT molecular complexity index is 703. The van der Waals surface area contributed by atoms with Crippen LogP contribution in [0.4, 0.5) is 0 Å². The highest BCUT2D eigenvalue weighted by molar-refractivity contribution is 5.56. The third kappa shape index (κ3) is 3.24. The predicted octanol–water partition coefficient (Wildman–Crippen LogP) is 3.09. The van der Waals surface area contributed by atoms with Crippen LogP contribution in [0.1, 0.15) is 30.4 Å². The second-order valence-electron chi connectivity index (χ2n) is 6.55. The van der Waals surface area contributed by atoms with Crippen LogP contribution >= 0.6 is 0 Å². The van der Waals surface area contributed by atoms with Gasteiger partial charge in [-0.2, -0.15) is 0 Å². The van der Waals surface area contributed by atoms with E-state index in [0.29, 0.717) is 17.2 Å². The zero-order chi connectivity index (χ0) is 18.6. The number of methoxy groups -OCH3 is 3. The van der Waals surface area contributed by atoms with Gasteiger partial charge in [0.2, 0.25) is 5.75 Å². The molecule has 1 aliphatic rings. The van der Waals surface area contributed by atoms with Gasteiger partial charge in [0.25, 0.3) is 0 Å². The Balaban J connectivity index is 2.19. The topological polar surface area (TPSA) is 60.0 Å². The molecule has 0 radical (unpaired) electrons. The highest BCUT2D eigenvalue weighted by Gasteiger charge is 2.41. The lowest BCUT2D eigenvalue weighted by atomic mass is 9.77. The second kappa shape index (κ2) is 7.98. The maximum absolute atomic E-state index is 12.0. The first-order chi connectivity index (χ1) is 12.6. The van der Waals surface area contributed by atoms with E-state index in [0.717, 1.165) is 36.9 Å². The Morgan fingerprint density at radius 3 is 2.08 bits per heavy atom. The van der Waals surface area contributed by atoms with E-state index in [1.165, 1.54) is 0 Å². The minimum atomic E-state index is -1.20. The first-order valence-corrected chi connectivity index (χ1v) is 8.97. The van der Waals surface area contributed by atoms with Gasteiger partial charge in [0, 0.05) is 6.04 Å². The van der Waals surface area contributed by atoms with Crippen LogP contribution in [-0.2, 0) is 5.60 Å². The van der Waals surface area contributed by atoms with Crippen LogP contribution < -0.4 is 19.5 Å². The van der Waals surface area contributed by atoms with Crippen molar-refractivity contribution in [2.75, 3.05) is 27.9 Å². The minimum Gasteiger partial charge on any atom is -0.493 e. The lowest BCUT2D eigenvalue weighted by molar-refractivity contribution is 0.0264. The zero-order valence-corrected chi connectivity index (χ0v) is 15.6. The van der Waals surface area contributed by atoms with Crippen LogP contribution in [0.25, 0.3) is 0 Å². The van der Waals surface area contributed by atoms with Gasteiger partial charge in [0.1, 0.15) is 5.60 Å². The molecule has 0 saturated carbocycles. The number of ether oxygens (including phenoxy) is 3. The van der Waals surface area contributed by atoms with Gasteiger partial charge in [-0.05, 0) is 42.6 Å². The molecule has 2 aromatic carbocycles. The first-order valence-electron chi connectivity index (χ1n) is 8.97. The van der Waals surface area contributed by atoms with E-state index >= 15 is 0 Å². The van der Waals surface area contributed by atoms with Crippen molar-refractivity contribution in [1.29, 1.82) is 0 Å². The Kier molecular flexibility index (Phi) is 5.69. The number of nitrogens with one attached hydrogen (secondary N) is 1. The standard InChI is InChI=1S/C21H27NO4/c1-24-17-13-16(14-18(25-2)20(17)26-3)21(23,15-9-5-4-6-10-15)19-11-7-8-12-22-19/h4-6,9-10,13-14,19,22-23H,7-8,11-12H2,1-3H3/t19-,21+/m1/s1. The molecular formula is C21H27NO4. The smallest absolute Gasteiger partial charge is 0.203 e. The average molecular weight is 357 g/mol. The molecule has 2 aromatic rings. The van der Waals surface area contributed by atoms with Crippen molar-refractivity contribution in [3.05, 3.63) is 53.6 Å². The van der Waals surface area contributed by atoms with Gasteiger partial charge in [0.05, 0.1) is 21.3 Å². The van der Waals surface area contributed by atoms with Crippen molar-refractivity contribution < 1.29 is 19.3 Å². The number of benzene rings is 2. The van der Waals surface area contributed by atoms with Crippen molar-refractivity contribution in [3.8, 4) is 17.2 Å². The normalized spacial score (nSPS) is 19.5. The molecule has 0 spiro atoms. The molecule has 140 valence electrons. The van der Waals surface area contributed by atoms with Gasteiger partial charge in [-0.1, -0.05) is 36.8 Å². The van der Waals surface area contributed by atoms with Gasteiger partial charge in [0.15, 0.2) is 11.5 Å². The molecule has 3 rings (SSSR count). The van der Waals surface area contributed by atoms with E-state index in [-0.39, 0.29) is 6.04 Å². The van der Waals surface area contributed by atoms with Crippen molar-refractivity contribution in [3.63, 3.8) is 0 Å². The lowest BCUT2D eigenvalue weighted by Crippen LogP contribution is -2.51. The average Bonchev–Trinajstić information content (AvgIpc) is 2.73. The molecule has 0 amide bonds. The molecular weight excluding hydrogens is 330 g/mol. The molecule has 5 nitrogen and oxygen atoms in total. The molecule has 0 unspecified atom stereocenters. The van der Waals surface area contributed by atoms with Gasteiger partial charge in [-0.3, -0.25) is 0 Å². The lowest BCUT2D eigenvalue weighted by Gasteiger charge is -2.40. The minimum absolute atomic E-state index is 0.0959. The molecule has 2 atom stereocenters. The zero-order valence-electron chi connectivity index (χ0n) is 15.6. The maximum atomic E-state index is 12.0. The van der Waals surface area contributed by atoms with Crippen molar-refractivity contribution in [2.24, 2.45) is 0 Å². The monoisotopic (exact) mass is 357 g/mol. The molecule has 5 heteroatoms. The largest absolute Gasteiger partial charge is 0.493 e. The molecule has 26 heavy (non-hydrogen) atoms. The summed E-state index contributed by atoms with van der Waals surface area (Å²) in [7, 11) is 4.75. The first kappa shape index (κ1) is 18.5. The third-order valence-corrected chi connectivity index (χ3v) is 5.13. The highest BCUT2D eigenvalue weighted by atomic mass is 16.5. The quantitative estimate of drug-likeness (QED) is 0.832. The highest BCUT2D eigenvalue weighted by Crippen LogP contribution is 2.44. The van der Waals surface area contributed by atoms with Crippen LogP contribution in [0, 0.1) is 0 Å². The number of aliphatic hydroxyl groups is 1. The summed E-state index contributed by atoms with van der Waals surface area (Å²) in [6.45, 7) is 0.893. The van der Waals surface area contributed by atoms with Crippen LogP contribution in [0.2, 0.25) is 0 Å². The molecule has 1 fully saturated rings. The SMILES string of the molecule is COc1cc([C@@](O)(c2ccccc2)[C@H]2CCCCN2)cc(OC)c1OC. The molecule has 1 saturated heterocycles. The van der Waals surface area contributed by atoms with Gasteiger partial charge in [-0.25, -0.2) is 0 Å². The summed E-state index contributed by atoms with van der Waals surface area (Å²) >= 11 is 0. The molecule has 0 aliphatic carbocycles. The van der Waals surface area contributed by atoms with E-state index in [2.05, 4.69) is 5.32 Å². The van der Waals surface area contributed by atoms with Gasteiger partial charge in [-0.15, -0.1) is 0 Å². The molecule has 0 aromatic heterocycles. The summed E-state index contributed by atoms with van der Waals surface area (Å²) in [5.74, 6) is 1.59. The number of rotatable bonds is 6. The van der Waals surface area contributed by atoms with Crippen LogP contribution in [0.3, 0.4) is 0 Å². The maximum Gasteiger partial charge on any atom is 0.203 e. The summed E-state index contributed by atoms with van der Waals surface area (Å²) in [5.41, 5.74) is 0.361. The summed E-state index contributed by atoms with van der Waals surface area (Å²) in [4.78, 5) is 0. The fraction of sp³-hybridized carbons (Fsp3) is 0.429. The molecule has 1 aliphatic heterocycles. The Morgan fingerprint density at radius 1 is 0.923 bits per heavy atom. The van der Waals surface area contributed by atoms with E-state index in [4.69, 9.17) is 14.2 Å². The Morgan fingerprint density at radius 2 is 1.58 bits per heavy atom. The fourth-order valence-electron chi connectivity index (χ4n) is 3.77. The van der Waals surface area contributed by atoms with E-state index in [1.807, 2.05) is 42.5 Å². The fourth-order valence-corrected chi connectivity index (χ4v) is 3.77. The van der Waals surface area contributed by atoms with Crippen molar-refractivity contribution in [2.45, 2.75) is 30.9 Å². The van der Waals surface area contributed by atoms with Crippen molar-refractivity contribution >= 4 is 0 Å². The summed E-state index contributed by atoms with van der Waals surface area (Å²) in [6.07, 6.45) is 3.09. The van der Waals surface area contributed by atoms with E-state index in [1.54, 1.807) is 21.3 Å². The summed E-state index contributed by atoms with van der Waals surface area (Å²) in [5, 5.41) is 15.5. The molecule has 1 heterocycles. The summed E-state index contributed by atoms with van der Waals surface area (Å²) in [6, 6.07) is 13.3. The second-order valence-corrected chi connectivity index (χ2v) is 6.55. The van der Waals surface area contributed by atoms with Crippen LogP contribution in [0.15, 0.2) is 42.5 Å². The van der Waals surface area contributed by atoms with E-state index in [9.17, 15) is 5.11 Å². The van der Waals surface area contributed by atoms with Gasteiger partial charge < -0.3 is 24.6 Å². The Labute approximate surface area is 154 Å². The number of hydrogen-bond donors (Lipinski definition) is 2. The third-order valence-electron chi connectivity index (χ3n) is 5.13. The van der Waals surface area contributed by atoms with E-state index < -0.39 is 5.60 Å². The summed E-state index contributed by atoms with van der Waals surface area (Å²) < 4.78 is 16.4. The number of hydrogen-bond acceptors (Lipinski definition) is 5. The molecule has 2 N–H and O–H groups in total. The van der Waals surface area contributed by atoms with Crippen LogP contribution in [0.5, 0.6) is 17.2 Å². The predicted molar refractivity (Wildman–Crippen MR) is 101 cm³/mol. The van der Waals surface area contributed by atoms with Gasteiger partial charge >= 0.3 is 0 Å². The van der Waals surface area contributed by atoms with Crippen molar-refractivity contribution in [1.82, 2.24) is 5.32 Å². The number of piperidine rings is 1. The van der Waals surface area contributed by atoms with Crippen LogP contribution in [-0.4, -0.2) is 39.0 Å². The molecule has 0 bridgehead atoms. The Hall–Kier alpha value is -2.24.